The molecule has 2 aliphatic heterocycles. The highest BCUT2D eigenvalue weighted by Gasteiger charge is 2.28. The Labute approximate surface area is 142 Å². The van der Waals surface area contributed by atoms with Crippen LogP contribution in [0.1, 0.15) is 19.3 Å². The van der Waals surface area contributed by atoms with Crippen molar-refractivity contribution < 1.29 is 9.53 Å². The van der Waals surface area contributed by atoms with Gasteiger partial charge in [0, 0.05) is 25.0 Å². The minimum atomic E-state index is 0.0977. The number of rotatable bonds is 5. The Bertz CT molecular complexity index is 494. The van der Waals surface area contributed by atoms with Crippen molar-refractivity contribution >= 4 is 17.7 Å². The van der Waals surface area contributed by atoms with Crippen LogP contribution in [0.2, 0.25) is 0 Å². The Morgan fingerprint density at radius 1 is 1.30 bits per heavy atom. The Morgan fingerprint density at radius 2 is 2.17 bits per heavy atom. The molecule has 3 rings (SSSR count). The Kier molecular flexibility index (Phi) is 6.16. The second-order valence-corrected chi connectivity index (χ2v) is 7.30. The molecule has 3 heterocycles. The second-order valence-electron chi connectivity index (χ2n) is 6.15. The van der Waals surface area contributed by atoms with Crippen molar-refractivity contribution in [2.45, 2.75) is 25.3 Å². The molecule has 1 amide bonds. The molecule has 2 saturated heterocycles. The smallest absolute Gasteiger partial charge is 0.260 e. The van der Waals surface area contributed by atoms with Gasteiger partial charge < -0.3 is 14.5 Å². The Balaban J connectivity index is 1.57. The van der Waals surface area contributed by atoms with E-state index in [0.717, 1.165) is 31.0 Å². The van der Waals surface area contributed by atoms with Crippen LogP contribution < -0.4 is 4.74 Å². The van der Waals surface area contributed by atoms with E-state index in [-0.39, 0.29) is 12.5 Å². The van der Waals surface area contributed by atoms with Crippen LogP contribution in [0, 0.1) is 0 Å². The molecule has 0 aromatic carbocycles. The van der Waals surface area contributed by atoms with Crippen LogP contribution in [0.3, 0.4) is 0 Å². The molecule has 126 valence electrons. The van der Waals surface area contributed by atoms with Crippen LogP contribution >= 0.6 is 11.8 Å². The van der Waals surface area contributed by atoms with Crippen LogP contribution in [0.4, 0.5) is 0 Å². The molecule has 0 radical (unpaired) electrons. The number of hydrogen-bond acceptors (Lipinski definition) is 5. The van der Waals surface area contributed by atoms with Crippen molar-refractivity contribution in [3.8, 4) is 5.75 Å². The Morgan fingerprint density at radius 3 is 2.96 bits per heavy atom. The van der Waals surface area contributed by atoms with Crippen LogP contribution in [0.5, 0.6) is 5.75 Å². The summed E-state index contributed by atoms with van der Waals surface area (Å²) in [5.41, 5.74) is 0. The van der Waals surface area contributed by atoms with E-state index >= 15 is 0 Å². The van der Waals surface area contributed by atoms with E-state index in [4.69, 9.17) is 4.74 Å². The van der Waals surface area contributed by atoms with Crippen LogP contribution in [0.25, 0.3) is 0 Å². The zero-order valence-corrected chi connectivity index (χ0v) is 14.3. The molecule has 0 spiro atoms. The third kappa shape index (κ3) is 4.85. The van der Waals surface area contributed by atoms with E-state index in [9.17, 15) is 4.79 Å². The number of amides is 1. The maximum Gasteiger partial charge on any atom is 0.260 e. The van der Waals surface area contributed by atoms with Crippen molar-refractivity contribution in [2.24, 2.45) is 0 Å². The van der Waals surface area contributed by atoms with Gasteiger partial charge in [-0.2, -0.15) is 11.8 Å². The van der Waals surface area contributed by atoms with E-state index in [1.54, 1.807) is 12.4 Å². The fourth-order valence-corrected chi connectivity index (χ4v) is 4.29. The standard InChI is InChI=1S/C17H25N3O2S/c21-17(13-22-16-5-3-6-18-11-16)20-9-4-10-23-14-15(20)12-19-7-1-2-8-19/h3,5-6,11,15H,1-2,4,7-10,12-14H2. The van der Waals surface area contributed by atoms with Crippen molar-refractivity contribution in [1.82, 2.24) is 14.8 Å². The molecule has 0 N–H and O–H groups in total. The van der Waals surface area contributed by atoms with Crippen LogP contribution in [-0.2, 0) is 4.79 Å². The summed E-state index contributed by atoms with van der Waals surface area (Å²) < 4.78 is 5.61. The third-order valence-electron chi connectivity index (χ3n) is 4.42. The number of likely N-dealkylation sites (tertiary alicyclic amines) is 1. The monoisotopic (exact) mass is 335 g/mol. The summed E-state index contributed by atoms with van der Waals surface area (Å²) in [5.74, 6) is 2.93. The van der Waals surface area contributed by atoms with Gasteiger partial charge in [0.05, 0.1) is 12.2 Å². The first kappa shape index (κ1) is 16.6. The average molecular weight is 335 g/mol. The van der Waals surface area contributed by atoms with Gasteiger partial charge in [0.1, 0.15) is 5.75 Å². The molecule has 2 aliphatic rings. The lowest BCUT2D eigenvalue weighted by Crippen LogP contribution is -2.49. The molecule has 1 unspecified atom stereocenters. The fourth-order valence-electron chi connectivity index (χ4n) is 3.23. The summed E-state index contributed by atoms with van der Waals surface area (Å²) in [4.78, 5) is 21.2. The first-order valence-electron chi connectivity index (χ1n) is 8.45. The molecule has 0 bridgehead atoms. The Hall–Kier alpha value is -1.27. The molecule has 1 aromatic heterocycles. The predicted molar refractivity (Wildman–Crippen MR) is 92.8 cm³/mol. The van der Waals surface area contributed by atoms with Crippen molar-refractivity contribution in [2.75, 3.05) is 44.3 Å². The topological polar surface area (TPSA) is 45.7 Å². The minimum absolute atomic E-state index is 0.0977. The summed E-state index contributed by atoms with van der Waals surface area (Å²) in [5, 5.41) is 0. The fraction of sp³-hybridized carbons (Fsp3) is 0.647. The summed E-state index contributed by atoms with van der Waals surface area (Å²) in [6.07, 6.45) is 7.00. The first-order chi connectivity index (χ1) is 11.3. The van der Waals surface area contributed by atoms with E-state index in [0.29, 0.717) is 11.8 Å². The largest absolute Gasteiger partial charge is 0.482 e. The lowest BCUT2D eigenvalue weighted by Gasteiger charge is -2.32. The highest BCUT2D eigenvalue weighted by molar-refractivity contribution is 7.99. The normalized spacial score (nSPS) is 22.8. The number of thioether (sulfide) groups is 1. The zero-order valence-electron chi connectivity index (χ0n) is 13.5. The lowest BCUT2D eigenvalue weighted by molar-refractivity contribution is -0.135. The van der Waals surface area contributed by atoms with E-state index in [1.165, 1.54) is 25.9 Å². The quantitative estimate of drug-likeness (QED) is 0.822. The lowest BCUT2D eigenvalue weighted by atomic mass is 10.2. The first-order valence-corrected chi connectivity index (χ1v) is 9.61. The minimum Gasteiger partial charge on any atom is -0.482 e. The molecule has 23 heavy (non-hydrogen) atoms. The van der Waals surface area contributed by atoms with E-state index < -0.39 is 0 Å². The molecule has 0 aliphatic carbocycles. The van der Waals surface area contributed by atoms with Gasteiger partial charge in [-0.15, -0.1) is 0 Å². The predicted octanol–water partition coefficient (Wildman–Crippen LogP) is 1.89. The number of hydrogen-bond donors (Lipinski definition) is 0. The maximum absolute atomic E-state index is 12.7. The zero-order chi connectivity index (χ0) is 15.9. The van der Waals surface area contributed by atoms with Gasteiger partial charge in [-0.3, -0.25) is 9.78 Å². The van der Waals surface area contributed by atoms with Gasteiger partial charge >= 0.3 is 0 Å². The van der Waals surface area contributed by atoms with Crippen molar-refractivity contribution in [3.63, 3.8) is 0 Å². The van der Waals surface area contributed by atoms with Crippen LogP contribution in [0.15, 0.2) is 24.5 Å². The molecule has 1 atom stereocenters. The molecule has 0 saturated carbocycles. The molecule has 1 aromatic rings. The molecule has 5 nitrogen and oxygen atoms in total. The van der Waals surface area contributed by atoms with Crippen LogP contribution in [-0.4, -0.2) is 71.0 Å². The number of aromatic nitrogens is 1. The highest BCUT2D eigenvalue weighted by atomic mass is 32.2. The summed E-state index contributed by atoms with van der Waals surface area (Å²) in [7, 11) is 0. The van der Waals surface area contributed by atoms with Gasteiger partial charge in [-0.1, -0.05) is 0 Å². The maximum atomic E-state index is 12.7. The number of ether oxygens (including phenoxy) is 1. The molecular formula is C17H25N3O2S. The average Bonchev–Trinajstić information content (AvgIpc) is 2.98. The van der Waals surface area contributed by atoms with Gasteiger partial charge in [0.15, 0.2) is 6.61 Å². The van der Waals surface area contributed by atoms with Crippen molar-refractivity contribution in [3.05, 3.63) is 24.5 Å². The summed E-state index contributed by atoms with van der Waals surface area (Å²) in [6.45, 7) is 4.31. The second kappa shape index (κ2) is 8.55. The van der Waals surface area contributed by atoms with Gasteiger partial charge in [0.2, 0.25) is 0 Å². The van der Waals surface area contributed by atoms with E-state index in [2.05, 4.69) is 14.8 Å². The number of carbonyl (C=O) groups excluding carboxylic acids is 1. The SMILES string of the molecule is O=C(COc1cccnc1)N1CCCSCC1CN1CCCC1. The summed E-state index contributed by atoms with van der Waals surface area (Å²) >= 11 is 1.97. The van der Waals surface area contributed by atoms with Gasteiger partial charge in [-0.25, -0.2) is 0 Å². The third-order valence-corrected chi connectivity index (χ3v) is 5.62. The summed E-state index contributed by atoms with van der Waals surface area (Å²) in [6, 6.07) is 3.96. The highest BCUT2D eigenvalue weighted by Crippen LogP contribution is 2.19. The molecule has 6 heteroatoms. The molecule has 2 fully saturated rings. The number of nitrogens with zero attached hydrogens (tertiary/aromatic N) is 3. The van der Waals surface area contributed by atoms with Crippen molar-refractivity contribution in [1.29, 1.82) is 0 Å². The van der Waals surface area contributed by atoms with Gasteiger partial charge in [0.25, 0.3) is 5.91 Å². The van der Waals surface area contributed by atoms with E-state index in [1.807, 2.05) is 23.9 Å². The van der Waals surface area contributed by atoms with Gasteiger partial charge in [-0.05, 0) is 50.2 Å². The number of pyridine rings is 1. The molecular weight excluding hydrogens is 310 g/mol. The number of carbonyl (C=O) groups is 1.